The van der Waals surface area contributed by atoms with Gasteiger partial charge in [-0.1, -0.05) is 29.5 Å². The quantitative estimate of drug-likeness (QED) is 0.393. The molecule has 0 N–H and O–H groups in total. The van der Waals surface area contributed by atoms with Crippen molar-refractivity contribution in [3.8, 4) is 0 Å². The monoisotopic (exact) mass is 240 g/mol. The van der Waals surface area contributed by atoms with Gasteiger partial charge >= 0.3 is 5.97 Å². The molecule has 1 rings (SSSR count). The minimum absolute atomic E-state index is 0.0378. The standard InChI is InChI=1S/C6H9IO2/c1-4-2-6(8)9-5(4)3-7/h4-5H,2-3H2,1H3/t4-,5+/m0/s1. The molecule has 2 nitrogen and oxygen atoms in total. The molecule has 0 amide bonds. The highest BCUT2D eigenvalue weighted by Crippen LogP contribution is 2.22. The van der Waals surface area contributed by atoms with Gasteiger partial charge in [0.05, 0.1) is 6.42 Å². The highest BCUT2D eigenvalue weighted by molar-refractivity contribution is 14.1. The molecule has 9 heavy (non-hydrogen) atoms. The van der Waals surface area contributed by atoms with Crippen LogP contribution < -0.4 is 0 Å². The van der Waals surface area contributed by atoms with Gasteiger partial charge in [0, 0.05) is 10.3 Å². The molecule has 1 aliphatic rings. The fourth-order valence-electron chi connectivity index (χ4n) is 0.911. The Morgan fingerprint density at radius 3 is 2.78 bits per heavy atom. The largest absolute Gasteiger partial charge is 0.461 e. The maximum Gasteiger partial charge on any atom is 0.306 e. The van der Waals surface area contributed by atoms with E-state index in [1.54, 1.807) is 0 Å². The zero-order valence-corrected chi connectivity index (χ0v) is 7.42. The van der Waals surface area contributed by atoms with Crippen molar-refractivity contribution < 1.29 is 9.53 Å². The number of esters is 1. The first kappa shape index (κ1) is 7.31. The Kier molecular flexibility index (Phi) is 2.32. The van der Waals surface area contributed by atoms with Crippen molar-refractivity contribution in [1.29, 1.82) is 0 Å². The molecule has 0 aromatic rings. The summed E-state index contributed by atoms with van der Waals surface area (Å²) in [5.74, 6) is 0.388. The molecular weight excluding hydrogens is 231 g/mol. The van der Waals surface area contributed by atoms with Crippen LogP contribution in [0.3, 0.4) is 0 Å². The van der Waals surface area contributed by atoms with E-state index in [0.29, 0.717) is 12.3 Å². The van der Waals surface area contributed by atoms with E-state index in [4.69, 9.17) is 4.74 Å². The average molecular weight is 240 g/mol. The number of ether oxygens (including phenoxy) is 1. The Hall–Kier alpha value is 0.200. The lowest BCUT2D eigenvalue weighted by Gasteiger charge is -2.07. The van der Waals surface area contributed by atoms with Crippen LogP contribution in [0.25, 0.3) is 0 Å². The van der Waals surface area contributed by atoms with E-state index in [2.05, 4.69) is 22.6 Å². The van der Waals surface area contributed by atoms with Crippen LogP contribution >= 0.6 is 22.6 Å². The molecular formula is C6H9IO2. The fraction of sp³-hybridized carbons (Fsp3) is 0.833. The normalized spacial score (nSPS) is 34.7. The van der Waals surface area contributed by atoms with E-state index < -0.39 is 0 Å². The second-order valence-electron chi connectivity index (χ2n) is 2.36. The number of rotatable bonds is 1. The predicted molar refractivity (Wildman–Crippen MR) is 42.5 cm³/mol. The first-order chi connectivity index (χ1) is 4.24. The summed E-state index contributed by atoms with van der Waals surface area (Å²) in [7, 11) is 0. The molecule has 0 unspecified atom stereocenters. The highest BCUT2D eigenvalue weighted by atomic mass is 127. The van der Waals surface area contributed by atoms with E-state index in [9.17, 15) is 4.79 Å². The van der Waals surface area contributed by atoms with Gasteiger partial charge in [-0.15, -0.1) is 0 Å². The van der Waals surface area contributed by atoms with Crippen LogP contribution in [0.15, 0.2) is 0 Å². The third-order valence-electron chi connectivity index (χ3n) is 1.56. The molecule has 3 heteroatoms. The van der Waals surface area contributed by atoms with Crippen LogP contribution in [0.1, 0.15) is 13.3 Å². The van der Waals surface area contributed by atoms with Crippen LogP contribution in [-0.2, 0) is 9.53 Å². The third-order valence-corrected chi connectivity index (χ3v) is 2.43. The average Bonchev–Trinajstić information content (AvgIpc) is 2.10. The Labute approximate surface area is 68.1 Å². The molecule has 1 aliphatic heterocycles. The van der Waals surface area contributed by atoms with Crippen molar-refractivity contribution in [2.24, 2.45) is 5.92 Å². The van der Waals surface area contributed by atoms with Crippen molar-refractivity contribution in [2.75, 3.05) is 4.43 Å². The van der Waals surface area contributed by atoms with Gasteiger partial charge in [-0.25, -0.2) is 0 Å². The maximum atomic E-state index is 10.6. The van der Waals surface area contributed by atoms with Crippen LogP contribution in [0.2, 0.25) is 0 Å². The zero-order chi connectivity index (χ0) is 6.85. The van der Waals surface area contributed by atoms with Gasteiger partial charge in [-0.05, 0) is 0 Å². The van der Waals surface area contributed by atoms with Crippen molar-refractivity contribution in [3.05, 3.63) is 0 Å². The molecule has 1 saturated heterocycles. The molecule has 0 spiro atoms. The van der Waals surface area contributed by atoms with Crippen molar-refractivity contribution >= 4 is 28.6 Å². The molecule has 0 saturated carbocycles. The third kappa shape index (κ3) is 1.56. The molecule has 0 radical (unpaired) electrons. The van der Waals surface area contributed by atoms with Gasteiger partial charge in [0.15, 0.2) is 0 Å². The summed E-state index contributed by atoms with van der Waals surface area (Å²) in [6.07, 6.45) is 0.784. The summed E-state index contributed by atoms with van der Waals surface area (Å²) >= 11 is 2.24. The van der Waals surface area contributed by atoms with Crippen LogP contribution in [-0.4, -0.2) is 16.5 Å². The molecule has 2 atom stereocenters. The van der Waals surface area contributed by atoms with Crippen molar-refractivity contribution in [1.82, 2.24) is 0 Å². The second kappa shape index (κ2) is 2.86. The Bertz CT molecular complexity index is 124. The summed E-state index contributed by atoms with van der Waals surface area (Å²) < 4.78 is 5.90. The molecule has 1 heterocycles. The molecule has 52 valence electrons. The number of carbonyl (C=O) groups excluding carboxylic acids is 1. The SMILES string of the molecule is C[C@H]1CC(=O)O[C@@H]1CI. The lowest BCUT2D eigenvalue weighted by molar-refractivity contribution is -0.140. The Morgan fingerprint density at radius 1 is 1.89 bits per heavy atom. The van der Waals surface area contributed by atoms with E-state index >= 15 is 0 Å². The van der Waals surface area contributed by atoms with E-state index in [1.807, 2.05) is 6.92 Å². The smallest absolute Gasteiger partial charge is 0.306 e. The summed E-state index contributed by atoms with van der Waals surface area (Å²) in [6.45, 7) is 2.05. The Balaban J connectivity index is 2.47. The minimum atomic E-state index is -0.0378. The number of hydrogen-bond acceptors (Lipinski definition) is 2. The van der Waals surface area contributed by atoms with E-state index in [-0.39, 0.29) is 12.1 Å². The zero-order valence-electron chi connectivity index (χ0n) is 5.26. The highest BCUT2D eigenvalue weighted by Gasteiger charge is 2.29. The van der Waals surface area contributed by atoms with E-state index in [0.717, 1.165) is 4.43 Å². The van der Waals surface area contributed by atoms with Crippen molar-refractivity contribution in [2.45, 2.75) is 19.4 Å². The summed E-state index contributed by atoms with van der Waals surface area (Å²) in [6, 6.07) is 0. The van der Waals surface area contributed by atoms with Gasteiger partial charge in [0.25, 0.3) is 0 Å². The molecule has 0 aromatic carbocycles. The lowest BCUT2D eigenvalue weighted by atomic mass is 10.1. The fourth-order valence-corrected chi connectivity index (χ4v) is 1.96. The van der Waals surface area contributed by atoms with Crippen LogP contribution in [0.5, 0.6) is 0 Å². The molecule has 0 bridgehead atoms. The van der Waals surface area contributed by atoms with Crippen LogP contribution in [0, 0.1) is 5.92 Å². The van der Waals surface area contributed by atoms with Gasteiger partial charge in [-0.3, -0.25) is 4.79 Å². The maximum absolute atomic E-state index is 10.6. The van der Waals surface area contributed by atoms with Crippen LogP contribution in [0.4, 0.5) is 0 Å². The lowest BCUT2D eigenvalue weighted by Crippen LogP contribution is -2.14. The van der Waals surface area contributed by atoms with Gasteiger partial charge < -0.3 is 4.74 Å². The first-order valence-corrected chi connectivity index (χ1v) is 4.52. The summed E-state index contributed by atoms with van der Waals surface area (Å²) in [4.78, 5) is 10.6. The summed E-state index contributed by atoms with van der Waals surface area (Å²) in [5, 5.41) is 0. The first-order valence-electron chi connectivity index (χ1n) is 2.99. The molecule has 1 fully saturated rings. The predicted octanol–water partition coefficient (Wildman–Crippen LogP) is 1.37. The number of carbonyl (C=O) groups is 1. The van der Waals surface area contributed by atoms with Gasteiger partial charge in [-0.2, -0.15) is 0 Å². The topological polar surface area (TPSA) is 26.3 Å². The number of cyclic esters (lactones) is 1. The van der Waals surface area contributed by atoms with Crippen molar-refractivity contribution in [3.63, 3.8) is 0 Å². The minimum Gasteiger partial charge on any atom is -0.461 e. The number of hydrogen-bond donors (Lipinski definition) is 0. The summed E-state index contributed by atoms with van der Waals surface area (Å²) in [5.41, 5.74) is 0. The number of halogens is 1. The Morgan fingerprint density at radius 2 is 2.56 bits per heavy atom. The second-order valence-corrected chi connectivity index (χ2v) is 3.24. The number of alkyl halides is 1. The van der Waals surface area contributed by atoms with Gasteiger partial charge in [0.2, 0.25) is 0 Å². The molecule has 0 aromatic heterocycles. The van der Waals surface area contributed by atoms with E-state index in [1.165, 1.54) is 0 Å². The van der Waals surface area contributed by atoms with Gasteiger partial charge in [0.1, 0.15) is 6.10 Å². The molecule has 0 aliphatic carbocycles.